The Balaban J connectivity index is 1.29. The molecule has 1 fully saturated rings. The number of hydrogen-bond acceptors (Lipinski definition) is 2. The Kier molecular flexibility index (Phi) is 5.72. The summed E-state index contributed by atoms with van der Waals surface area (Å²) in [6.07, 6.45) is 16.6. The highest BCUT2D eigenvalue weighted by Crippen LogP contribution is 2.52. The lowest BCUT2D eigenvalue weighted by atomic mass is 9.72. The van der Waals surface area contributed by atoms with Gasteiger partial charge in [0.15, 0.2) is 0 Å². The van der Waals surface area contributed by atoms with Gasteiger partial charge in [0.2, 0.25) is 5.96 Å². The van der Waals surface area contributed by atoms with Gasteiger partial charge in [-0.05, 0) is 109 Å². The van der Waals surface area contributed by atoms with Gasteiger partial charge in [-0.25, -0.2) is 4.99 Å². The van der Waals surface area contributed by atoms with Crippen LogP contribution in [-0.4, -0.2) is 15.1 Å². The molecule has 3 atom stereocenters. The van der Waals surface area contributed by atoms with Crippen LogP contribution in [0.15, 0.2) is 120 Å². The molecule has 1 saturated carbocycles. The molecule has 5 aromatic carbocycles. The molecule has 0 amide bonds. The molecule has 3 unspecified atom stereocenters. The summed E-state index contributed by atoms with van der Waals surface area (Å²) in [4.78, 5) is 5.77. The molecule has 1 N–H and O–H groups in total. The molecule has 0 radical (unpaired) electrons. The van der Waals surface area contributed by atoms with Crippen LogP contribution < -0.4 is 5.32 Å². The van der Waals surface area contributed by atoms with E-state index in [0.717, 1.165) is 37.3 Å². The van der Waals surface area contributed by atoms with Gasteiger partial charge in [0, 0.05) is 50.1 Å². The van der Waals surface area contributed by atoms with Crippen LogP contribution in [0.1, 0.15) is 66.6 Å². The van der Waals surface area contributed by atoms with Crippen molar-refractivity contribution in [1.82, 2.24) is 9.13 Å². The fourth-order valence-electron chi connectivity index (χ4n) is 10.3. The number of aliphatic imine (C=N–C) groups is 1. The maximum atomic E-state index is 5.77. The molecule has 12 rings (SSSR count). The van der Waals surface area contributed by atoms with Gasteiger partial charge in [-0.3, -0.25) is 4.57 Å². The van der Waals surface area contributed by atoms with Gasteiger partial charge in [-0.15, -0.1) is 0 Å². The monoisotopic (exact) mass is 672 g/mol. The van der Waals surface area contributed by atoms with E-state index in [1.165, 1.54) is 95.5 Å². The lowest BCUT2D eigenvalue weighted by Gasteiger charge is -2.35. The van der Waals surface area contributed by atoms with E-state index in [0.29, 0.717) is 11.8 Å². The van der Waals surface area contributed by atoms with E-state index in [1.54, 1.807) is 5.57 Å². The molecule has 252 valence electrons. The number of benzene rings is 5. The van der Waals surface area contributed by atoms with Crippen LogP contribution in [0.3, 0.4) is 0 Å². The zero-order valence-electron chi connectivity index (χ0n) is 29.7. The molecule has 0 saturated heterocycles. The predicted molar refractivity (Wildman–Crippen MR) is 217 cm³/mol. The van der Waals surface area contributed by atoms with E-state index >= 15 is 0 Å². The molecular formula is C48H40N4. The standard InChI is InChI=1S/C48H40N4/c1-28-12-6-11-19-40(28)51-41-26-31-22-20-29(31)24-36(41)43-34-15-7-8-16-35(34)45-44(46(43)51)37-25-30-21-23-32(30)27-42(37)52(45)47-49-39-18-10-9-17-38(39)48(2,50-47)33-13-4-3-5-14-33/h3-11,13-19,25-29H,12,20-24H2,1-2H3,(H,49,50). The normalized spacial score (nSPS) is 22.8. The summed E-state index contributed by atoms with van der Waals surface area (Å²) in [6.45, 7) is 4.69. The number of hydrogen-bond donors (Lipinski definition) is 1. The van der Waals surface area contributed by atoms with Crippen molar-refractivity contribution in [1.29, 1.82) is 0 Å². The van der Waals surface area contributed by atoms with Gasteiger partial charge in [-0.1, -0.05) is 97.4 Å². The van der Waals surface area contributed by atoms with Gasteiger partial charge in [-0.2, -0.15) is 0 Å². The number of anilines is 1. The number of nitrogens with zero attached hydrogens (tertiary/aromatic N) is 3. The SMILES string of the molecule is CC1CC=CC=C1n1c2c(c3c4ccccc4c4c(c5cc6c(cc5n4C4=NC(C)(c5ccccc5)c5ccccc5N4)CC6)c31)CC1CCC1=C2. The Morgan fingerprint density at radius 1 is 0.788 bits per heavy atom. The Morgan fingerprint density at radius 2 is 1.58 bits per heavy atom. The largest absolute Gasteiger partial charge is 0.325 e. The van der Waals surface area contributed by atoms with E-state index in [-0.39, 0.29) is 0 Å². The first kappa shape index (κ1) is 29.0. The predicted octanol–water partition coefficient (Wildman–Crippen LogP) is 11.4. The average Bonchev–Trinajstić information content (AvgIpc) is 3.66. The Bertz CT molecular complexity index is 2860. The first-order chi connectivity index (χ1) is 25.6. The van der Waals surface area contributed by atoms with Crippen LogP contribution in [0.5, 0.6) is 0 Å². The second-order valence-electron chi connectivity index (χ2n) is 16.0. The summed E-state index contributed by atoms with van der Waals surface area (Å²) >= 11 is 0. The first-order valence-corrected chi connectivity index (χ1v) is 19.2. The van der Waals surface area contributed by atoms with Crippen LogP contribution >= 0.6 is 0 Å². The zero-order chi connectivity index (χ0) is 34.3. The molecule has 4 heteroatoms. The summed E-state index contributed by atoms with van der Waals surface area (Å²) in [5.74, 6) is 1.98. The molecule has 1 aliphatic heterocycles. The van der Waals surface area contributed by atoms with E-state index in [9.17, 15) is 0 Å². The molecule has 4 nitrogen and oxygen atoms in total. The van der Waals surface area contributed by atoms with Crippen molar-refractivity contribution in [3.05, 3.63) is 148 Å². The van der Waals surface area contributed by atoms with Crippen LogP contribution in [0.2, 0.25) is 0 Å². The van der Waals surface area contributed by atoms with Crippen LogP contribution in [0.25, 0.3) is 55.3 Å². The van der Waals surface area contributed by atoms with E-state index < -0.39 is 5.54 Å². The molecule has 2 aromatic heterocycles. The third-order valence-corrected chi connectivity index (χ3v) is 13.3. The number of aromatic nitrogens is 2. The number of allylic oxidation sites excluding steroid dienone is 5. The minimum absolute atomic E-state index is 0.422. The van der Waals surface area contributed by atoms with E-state index in [4.69, 9.17) is 4.99 Å². The molecule has 4 aliphatic carbocycles. The lowest BCUT2D eigenvalue weighted by Crippen LogP contribution is -2.35. The van der Waals surface area contributed by atoms with Gasteiger partial charge in [0.25, 0.3) is 0 Å². The summed E-state index contributed by atoms with van der Waals surface area (Å²) in [5, 5.41) is 10.7. The third-order valence-electron chi connectivity index (χ3n) is 13.3. The number of rotatable bonds is 2. The number of nitrogens with one attached hydrogen (secondary N) is 1. The summed E-state index contributed by atoms with van der Waals surface area (Å²) < 4.78 is 5.21. The summed E-state index contributed by atoms with van der Waals surface area (Å²) in [7, 11) is 0. The van der Waals surface area contributed by atoms with Gasteiger partial charge in [0.1, 0.15) is 5.54 Å². The topological polar surface area (TPSA) is 34.2 Å². The van der Waals surface area contributed by atoms with Gasteiger partial charge in [0.05, 0.1) is 16.6 Å². The van der Waals surface area contributed by atoms with E-state index in [2.05, 4.69) is 144 Å². The van der Waals surface area contributed by atoms with Crippen molar-refractivity contribution in [2.75, 3.05) is 5.32 Å². The Morgan fingerprint density at radius 3 is 2.38 bits per heavy atom. The third kappa shape index (κ3) is 3.70. The van der Waals surface area contributed by atoms with Crippen molar-refractivity contribution < 1.29 is 0 Å². The molecular weight excluding hydrogens is 633 g/mol. The smallest absolute Gasteiger partial charge is 0.209 e. The quantitative estimate of drug-likeness (QED) is 0.195. The van der Waals surface area contributed by atoms with Crippen molar-refractivity contribution in [2.24, 2.45) is 16.8 Å². The minimum atomic E-state index is -0.569. The Labute approximate surface area is 303 Å². The van der Waals surface area contributed by atoms with Crippen LogP contribution in [0.4, 0.5) is 5.69 Å². The fraction of sp³-hybridized carbons (Fsp3) is 0.229. The number of aryl methyl sites for hydroxylation is 2. The highest BCUT2D eigenvalue weighted by molar-refractivity contribution is 6.35. The second kappa shape index (κ2) is 10.3. The van der Waals surface area contributed by atoms with E-state index in [1.807, 2.05) is 0 Å². The van der Waals surface area contributed by atoms with Crippen molar-refractivity contribution in [2.45, 2.75) is 57.9 Å². The highest BCUT2D eigenvalue weighted by atomic mass is 15.3. The Hall–Kier alpha value is -5.61. The molecule has 7 aromatic rings. The van der Waals surface area contributed by atoms with Crippen molar-refractivity contribution in [3.63, 3.8) is 0 Å². The van der Waals surface area contributed by atoms with Crippen molar-refractivity contribution >= 4 is 66.9 Å². The molecule has 52 heavy (non-hydrogen) atoms. The van der Waals surface area contributed by atoms with Crippen LogP contribution in [0, 0.1) is 11.8 Å². The number of fused-ring (bicyclic) bond motifs is 13. The second-order valence-corrected chi connectivity index (χ2v) is 16.0. The van der Waals surface area contributed by atoms with Gasteiger partial charge >= 0.3 is 0 Å². The fourth-order valence-corrected chi connectivity index (χ4v) is 10.3. The minimum Gasteiger partial charge on any atom is -0.325 e. The maximum Gasteiger partial charge on any atom is 0.209 e. The van der Waals surface area contributed by atoms with Crippen molar-refractivity contribution in [3.8, 4) is 0 Å². The molecule has 0 spiro atoms. The number of para-hydroxylation sites is 1. The summed E-state index contributed by atoms with van der Waals surface area (Å²) in [6, 6.07) is 33.8. The average molecular weight is 673 g/mol. The molecule has 3 heterocycles. The first-order valence-electron chi connectivity index (χ1n) is 19.2. The lowest BCUT2D eigenvalue weighted by molar-refractivity contribution is 0.440. The van der Waals surface area contributed by atoms with Gasteiger partial charge < -0.3 is 9.88 Å². The maximum absolute atomic E-state index is 5.77. The molecule has 0 bridgehead atoms. The highest BCUT2D eigenvalue weighted by Gasteiger charge is 2.38. The summed E-state index contributed by atoms with van der Waals surface area (Å²) in [5.41, 5.74) is 15.7. The molecule has 5 aliphatic rings. The zero-order valence-corrected chi connectivity index (χ0v) is 29.7. The van der Waals surface area contributed by atoms with Crippen LogP contribution in [-0.2, 0) is 24.8 Å².